The van der Waals surface area contributed by atoms with E-state index < -0.39 is 6.09 Å². The third-order valence-corrected chi connectivity index (χ3v) is 4.31. The maximum Gasteiger partial charge on any atom is 0.415 e. The van der Waals surface area contributed by atoms with Crippen LogP contribution in [0, 0.1) is 5.82 Å². The number of rotatable bonds is 3. The van der Waals surface area contributed by atoms with E-state index in [9.17, 15) is 9.18 Å². The molecule has 4 rings (SSSR count). The third kappa shape index (κ3) is 3.39. The fourth-order valence-electron chi connectivity index (χ4n) is 2.89. The molecule has 1 amide bonds. The van der Waals surface area contributed by atoms with E-state index in [4.69, 9.17) is 14.0 Å². The van der Waals surface area contributed by atoms with Crippen LogP contribution in [-0.4, -0.2) is 42.5 Å². The fraction of sp³-hybridized carbons (Fsp3) is 0.263. The summed E-state index contributed by atoms with van der Waals surface area (Å²) in [4.78, 5) is 13.7. The van der Waals surface area contributed by atoms with E-state index in [1.165, 1.54) is 6.07 Å². The van der Waals surface area contributed by atoms with Crippen LogP contribution in [0.2, 0.25) is 0 Å². The molecule has 0 unspecified atom stereocenters. The van der Waals surface area contributed by atoms with Gasteiger partial charge in [-0.2, -0.15) is 0 Å². The number of carbonyl (C=O) groups is 1. The van der Waals surface area contributed by atoms with Gasteiger partial charge in [0.15, 0.2) is 5.58 Å². The Labute approximate surface area is 149 Å². The van der Waals surface area contributed by atoms with Crippen molar-refractivity contribution >= 4 is 17.1 Å². The van der Waals surface area contributed by atoms with Crippen molar-refractivity contribution in [3.05, 3.63) is 59.5 Å². The first-order valence-corrected chi connectivity index (χ1v) is 8.37. The van der Waals surface area contributed by atoms with E-state index in [1.54, 1.807) is 41.3 Å². The van der Waals surface area contributed by atoms with Crippen molar-refractivity contribution in [3.8, 4) is 5.75 Å². The molecule has 134 valence electrons. The summed E-state index contributed by atoms with van der Waals surface area (Å²) in [5.41, 5.74) is 1.67. The zero-order valence-corrected chi connectivity index (χ0v) is 14.0. The molecule has 1 aliphatic rings. The highest BCUT2D eigenvalue weighted by Gasteiger charge is 2.19. The smallest absolute Gasteiger partial charge is 0.410 e. The summed E-state index contributed by atoms with van der Waals surface area (Å²) in [5.74, 6) is 0.0993. The van der Waals surface area contributed by atoms with Gasteiger partial charge in [0.05, 0.1) is 18.9 Å². The lowest BCUT2D eigenvalue weighted by Gasteiger charge is -2.25. The van der Waals surface area contributed by atoms with Crippen LogP contribution in [0.4, 0.5) is 9.18 Å². The van der Waals surface area contributed by atoms with E-state index in [0.717, 1.165) is 5.39 Å². The quantitative estimate of drug-likeness (QED) is 0.720. The topological polar surface area (TPSA) is 64.8 Å². The second kappa shape index (κ2) is 7.13. The number of morpholine rings is 1. The zero-order chi connectivity index (χ0) is 17.9. The van der Waals surface area contributed by atoms with Crippen LogP contribution in [0.5, 0.6) is 5.75 Å². The summed E-state index contributed by atoms with van der Waals surface area (Å²) in [6.07, 6.45) is -0.0919. The average molecular weight is 356 g/mol. The molecule has 6 nitrogen and oxygen atoms in total. The van der Waals surface area contributed by atoms with Gasteiger partial charge in [0, 0.05) is 31.0 Å². The molecule has 0 bridgehead atoms. The monoisotopic (exact) mass is 356 g/mol. The molecular weight excluding hydrogens is 339 g/mol. The Morgan fingerprint density at radius 2 is 2.00 bits per heavy atom. The lowest BCUT2D eigenvalue weighted by Crippen LogP contribution is -2.42. The van der Waals surface area contributed by atoms with Crippen molar-refractivity contribution in [2.75, 3.05) is 26.3 Å². The lowest BCUT2D eigenvalue weighted by atomic mass is 10.1. The number of benzene rings is 2. The standard InChI is InChI=1S/C19H17FN2O4/c20-16-4-2-1-3-13(16)11-17-15-6-5-14(12-18(15)26-21-17)25-19(23)22-7-9-24-10-8-22/h1-6,12H,7-11H2. The first kappa shape index (κ1) is 16.5. The third-order valence-electron chi connectivity index (χ3n) is 4.31. The molecule has 0 spiro atoms. The maximum absolute atomic E-state index is 13.8. The summed E-state index contributed by atoms with van der Waals surface area (Å²) in [6.45, 7) is 2.04. The van der Waals surface area contributed by atoms with E-state index in [2.05, 4.69) is 5.16 Å². The number of aromatic nitrogens is 1. The van der Waals surface area contributed by atoms with E-state index in [-0.39, 0.29) is 5.82 Å². The molecule has 26 heavy (non-hydrogen) atoms. The van der Waals surface area contributed by atoms with Crippen LogP contribution in [-0.2, 0) is 11.2 Å². The van der Waals surface area contributed by atoms with E-state index in [0.29, 0.717) is 55.3 Å². The van der Waals surface area contributed by atoms with Gasteiger partial charge in [0.25, 0.3) is 0 Å². The van der Waals surface area contributed by atoms with Crippen LogP contribution in [0.1, 0.15) is 11.3 Å². The number of nitrogens with zero attached hydrogens (tertiary/aromatic N) is 2. The van der Waals surface area contributed by atoms with Gasteiger partial charge in [-0.3, -0.25) is 0 Å². The summed E-state index contributed by atoms with van der Waals surface area (Å²) < 4.78 is 29.8. The highest BCUT2D eigenvalue weighted by molar-refractivity contribution is 5.82. The van der Waals surface area contributed by atoms with Gasteiger partial charge in [-0.25, -0.2) is 9.18 Å². The van der Waals surface area contributed by atoms with Gasteiger partial charge in [-0.05, 0) is 23.8 Å². The number of hydrogen-bond acceptors (Lipinski definition) is 5. The Hall–Kier alpha value is -2.93. The average Bonchev–Trinajstić information content (AvgIpc) is 3.06. The van der Waals surface area contributed by atoms with Crippen molar-refractivity contribution < 1.29 is 23.2 Å². The van der Waals surface area contributed by atoms with Crippen molar-refractivity contribution in [2.24, 2.45) is 0 Å². The molecular formula is C19H17FN2O4. The molecule has 0 aliphatic carbocycles. The predicted octanol–water partition coefficient (Wildman–Crippen LogP) is 3.39. The minimum absolute atomic E-state index is 0.278. The lowest BCUT2D eigenvalue weighted by molar-refractivity contribution is 0.0416. The van der Waals surface area contributed by atoms with Gasteiger partial charge < -0.3 is 18.9 Å². The normalized spacial score (nSPS) is 14.6. The number of amides is 1. The Balaban J connectivity index is 1.52. The van der Waals surface area contributed by atoms with Crippen molar-refractivity contribution in [1.82, 2.24) is 10.1 Å². The Kier molecular flexibility index (Phi) is 4.53. The van der Waals surface area contributed by atoms with E-state index in [1.807, 2.05) is 0 Å². The second-order valence-corrected chi connectivity index (χ2v) is 6.02. The fourth-order valence-corrected chi connectivity index (χ4v) is 2.89. The summed E-state index contributed by atoms with van der Waals surface area (Å²) >= 11 is 0. The molecule has 0 N–H and O–H groups in total. The summed E-state index contributed by atoms with van der Waals surface area (Å²) in [6, 6.07) is 11.6. The van der Waals surface area contributed by atoms with Crippen molar-refractivity contribution in [1.29, 1.82) is 0 Å². The molecule has 2 aromatic carbocycles. The molecule has 0 radical (unpaired) electrons. The molecule has 1 fully saturated rings. The maximum atomic E-state index is 13.8. The van der Waals surface area contributed by atoms with Gasteiger partial charge in [0.2, 0.25) is 0 Å². The number of fused-ring (bicyclic) bond motifs is 1. The van der Waals surface area contributed by atoms with Crippen LogP contribution in [0.25, 0.3) is 11.0 Å². The van der Waals surface area contributed by atoms with Crippen LogP contribution in [0.3, 0.4) is 0 Å². The zero-order valence-electron chi connectivity index (χ0n) is 14.0. The number of ether oxygens (including phenoxy) is 2. The molecule has 3 aromatic rings. The summed E-state index contributed by atoms with van der Waals surface area (Å²) in [5, 5.41) is 4.80. The first-order chi connectivity index (χ1) is 12.7. The molecule has 1 aromatic heterocycles. The molecule has 0 atom stereocenters. The Bertz CT molecular complexity index is 934. The Morgan fingerprint density at radius 1 is 1.19 bits per heavy atom. The molecule has 1 aliphatic heterocycles. The minimum atomic E-state index is -0.418. The SMILES string of the molecule is O=C(Oc1ccc2c(Cc3ccccc3F)noc2c1)N1CCOCC1. The number of halogens is 1. The van der Waals surface area contributed by atoms with E-state index >= 15 is 0 Å². The van der Waals surface area contributed by atoms with Crippen molar-refractivity contribution in [3.63, 3.8) is 0 Å². The van der Waals surface area contributed by atoms with Gasteiger partial charge >= 0.3 is 6.09 Å². The number of carbonyl (C=O) groups excluding carboxylic acids is 1. The summed E-state index contributed by atoms with van der Waals surface area (Å²) in [7, 11) is 0. The van der Waals surface area contributed by atoms with Crippen LogP contribution in [0.15, 0.2) is 47.0 Å². The Morgan fingerprint density at radius 3 is 2.81 bits per heavy atom. The largest absolute Gasteiger partial charge is 0.415 e. The van der Waals surface area contributed by atoms with Gasteiger partial charge in [0.1, 0.15) is 11.6 Å². The predicted molar refractivity (Wildman–Crippen MR) is 91.6 cm³/mol. The highest BCUT2D eigenvalue weighted by Crippen LogP contribution is 2.26. The number of hydrogen-bond donors (Lipinski definition) is 0. The second-order valence-electron chi connectivity index (χ2n) is 6.02. The van der Waals surface area contributed by atoms with Crippen molar-refractivity contribution in [2.45, 2.75) is 6.42 Å². The molecule has 1 saturated heterocycles. The highest BCUT2D eigenvalue weighted by atomic mass is 19.1. The van der Waals surface area contributed by atoms with Crippen LogP contribution >= 0.6 is 0 Å². The first-order valence-electron chi connectivity index (χ1n) is 8.37. The van der Waals surface area contributed by atoms with Gasteiger partial charge in [-0.15, -0.1) is 0 Å². The molecule has 0 saturated carbocycles. The minimum Gasteiger partial charge on any atom is -0.410 e. The molecule has 7 heteroatoms. The van der Waals surface area contributed by atoms with Crippen LogP contribution < -0.4 is 4.74 Å². The van der Waals surface area contributed by atoms with Gasteiger partial charge in [-0.1, -0.05) is 23.4 Å². The molecule has 2 heterocycles.